The molecular formula is C14H21N3. The molecule has 0 aliphatic carbocycles. The van der Waals surface area contributed by atoms with Crippen LogP contribution >= 0.6 is 0 Å². The van der Waals surface area contributed by atoms with Crippen LogP contribution in [-0.4, -0.2) is 16.7 Å². The summed E-state index contributed by atoms with van der Waals surface area (Å²) in [5.74, 6) is 0. The van der Waals surface area contributed by atoms with E-state index in [1.807, 2.05) is 6.20 Å². The first-order valence-corrected chi connectivity index (χ1v) is 6.57. The van der Waals surface area contributed by atoms with Gasteiger partial charge in [-0.15, -0.1) is 0 Å². The number of hydrogen-bond donors (Lipinski definition) is 2. The van der Waals surface area contributed by atoms with Crippen LogP contribution in [-0.2, 0) is 0 Å². The summed E-state index contributed by atoms with van der Waals surface area (Å²) in [7, 11) is 0. The fourth-order valence-corrected chi connectivity index (χ4v) is 2.01. The maximum Gasteiger partial charge on any atom is 0.0670 e. The van der Waals surface area contributed by atoms with E-state index in [4.69, 9.17) is 0 Å². The molecule has 0 aliphatic heterocycles. The number of benzene rings is 1. The van der Waals surface area contributed by atoms with Crippen molar-refractivity contribution >= 4 is 16.6 Å². The van der Waals surface area contributed by atoms with Gasteiger partial charge in [0.2, 0.25) is 0 Å². The average Bonchev–Trinajstić information content (AvgIpc) is 2.81. The van der Waals surface area contributed by atoms with E-state index in [9.17, 15) is 0 Å². The molecule has 0 aliphatic rings. The van der Waals surface area contributed by atoms with Gasteiger partial charge in [0.15, 0.2) is 0 Å². The van der Waals surface area contributed by atoms with Gasteiger partial charge in [0, 0.05) is 17.6 Å². The monoisotopic (exact) mass is 231 g/mol. The molecule has 1 aromatic carbocycles. The van der Waals surface area contributed by atoms with Gasteiger partial charge in [-0.3, -0.25) is 5.10 Å². The number of fused-ring (bicyclic) bond motifs is 1. The molecule has 2 N–H and O–H groups in total. The molecule has 17 heavy (non-hydrogen) atoms. The quantitative estimate of drug-likeness (QED) is 0.708. The van der Waals surface area contributed by atoms with Crippen molar-refractivity contribution in [2.75, 3.05) is 11.9 Å². The molecule has 0 bridgehead atoms. The Morgan fingerprint density at radius 2 is 2.06 bits per heavy atom. The largest absolute Gasteiger partial charge is 0.385 e. The fraction of sp³-hybridized carbons (Fsp3) is 0.500. The third-order valence-corrected chi connectivity index (χ3v) is 3.05. The smallest absolute Gasteiger partial charge is 0.0670 e. The molecule has 0 saturated heterocycles. The standard InChI is InChI=1S/C14H21N3/c1-2-3-4-5-6-9-15-13-8-7-12-11-16-17-14(12)10-13/h7-8,10-11,15H,2-6,9H2,1H3,(H,16,17). The Balaban J connectivity index is 1.75. The van der Waals surface area contributed by atoms with Gasteiger partial charge < -0.3 is 5.32 Å². The maximum atomic E-state index is 4.02. The number of nitrogens with zero attached hydrogens (tertiary/aromatic N) is 1. The van der Waals surface area contributed by atoms with Crippen molar-refractivity contribution in [3.63, 3.8) is 0 Å². The van der Waals surface area contributed by atoms with Crippen molar-refractivity contribution in [3.8, 4) is 0 Å². The minimum absolute atomic E-state index is 1.06. The van der Waals surface area contributed by atoms with E-state index < -0.39 is 0 Å². The molecule has 0 radical (unpaired) electrons. The average molecular weight is 231 g/mol. The van der Waals surface area contributed by atoms with Crippen molar-refractivity contribution in [2.45, 2.75) is 39.0 Å². The highest BCUT2D eigenvalue weighted by molar-refractivity contribution is 5.81. The lowest BCUT2D eigenvalue weighted by molar-refractivity contribution is 0.645. The van der Waals surface area contributed by atoms with Crippen LogP contribution < -0.4 is 5.32 Å². The summed E-state index contributed by atoms with van der Waals surface area (Å²) < 4.78 is 0. The summed E-state index contributed by atoms with van der Waals surface area (Å²) in [6, 6.07) is 6.33. The number of aromatic amines is 1. The Labute approximate surface area is 103 Å². The number of aromatic nitrogens is 2. The second kappa shape index (κ2) is 6.28. The van der Waals surface area contributed by atoms with E-state index in [1.54, 1.807) is 0 Å². The Hall–Kier alpha value is -1.51. The highest BCUT2D eigenvalue weighted by Crippen LogP contribution is 2.16. The first-order chi connectivity index (χ1) is 8.40. The van der Waals surface area contributed by atoms with Crippen LogP contribution in [0.25, 0.3) is 10.9 Å². The zero-order valence-corrected chi connectivity index (χ0v) is 10.5. The Morgan fingerprint density at radius 3 is 2.94 bits per heavy atom. The van der Waals surface area contributed by atoms with Gasteiger partial charge in [0.05, 0.1) is 11.7 Å². The van der Waals surface area contributed by atoms with Crippen LogP contribution in [0.5, 0.6) is 0 Å². The van der Waals surface area contributed by atoms with E-state index in [-0.39, 0.29) is 0 Å². The summed E-state index contributed by atoms with van der Waals surface area (Å²) in [4.78, 5) is 0. The molecule has 0 saturated carbocycles. The van der Waals surface area contributed by atoms with Crippen molar-refractivity contribution in [1.82, 2.24) is 10.2 Å². The zero-order valence-electron chi connectivity index (χ0n) is 10.5. The second-order valence-electron chi connectivity index (χ2n) is 4.51. The molecule has 0 unspecified atom stereocenters. The minimum Gasteiger partial charge on any atom is -0.385 e. The Bertz CT molecular complexity index is 447. The van der Waals surface area contributed by atoms with Crippen molar-refractivity contribution < 1.29 is 0 Å². The molecule has 1 heterocycles. The summed E-state index contributed by atoms with van der Waals surface area (Å²) in [6.45, 7) is 3.31. The lowest BCUT2D eigenvalue weighted by Gasteiger charge is -2.06. The van der Waals surface area contributed by atoms with Crippen LogP contribution in [0.1, 0.15) is 39.0 Å². The summed E-state index contributed by atoms with van der Waals surface area (Å²) in [6.07, 6.45) is 8.46. The number of nitrogens with one attached hydrogen (secondary N) is 2. The van der Waals surface area contributed by atoms with Crippen molar-refractivity contribution in [2.24, 2.45) is 0 Å². The first-order valence-electron chi connectivity index (χ1n) is 6.57. The van der Waals surface area contributed by atoms with E-state index in [0.717, 1.165) is 12.1 Å². The van der Waals surface area contributed by atoms with Gasteiger partial charge >= 0.3 is 0 Å². The van der Waals surface area contributed by atoms with E-state index in [1.165, 1.54) is 43.2 Å². The second-order valence-corrected chi connectivity index (χ2v) is 4.51. The van der Waals surface area contributed by atoms with Crippen LogP contribution in [0.15, 0.2) is 24.4 Å². The minimum atomic E-state index is 1.06. The molecule has 2 aromatic rings. The molecule has 0 amide bonds. The molecule has 0 atom stereocenters. The Kier molecular flexibility index (Phi) is 4.42. The summed E-state index contributed by atoms with van der Waals surface area (Å²) >= 11 is 0. The SMILES string of the molecule is CCCCCCCNc1ccc2cn[nH]c2c1. The lowest BCUT2D eigenvalue weighted by atomic mass is 10.1. The molecule has 3 heteroatoms. The molecule has 1 aromatic heterocycles. The van der Waals surface area contributed by atoms with Gasteiger partial charge in [-0.1, -0.05) is 32.6 Å². The van der Waals surface area contributed by atoms with E-state index in [2.05, 4.69) is 40.6 Å². The molecule has 2 rings (SSSR count). The lowest BCUT2D eigenvalue weighted by Crippen LogP contribution is -2.01. The molecule has 3 nitrogen and oxygen atoms in total. The number of anilines is 1. The zero-order chi connectivity index (χ0) is 11.9. The predicted octanol–water partition coefficient (Wildman–Crippen LogP) is 3.95. The number of rotatable bonds is 7. The number of hydrogen-bond acceptors (Lipinski definition) is 2. The topological polar surface area (TPSA) is 40.7 Å². The Morgan fingerprint density at radius 1 is 1.18 bits per heavy atom. The molecule has 0 spiro atoms. The third-order valence-electron chi connectivity index (χ3n) is 3.05. The third kappa shape index (κ3) is 3.48. The van der Waals surface area contributed by atoms with Crippen LogP contribution in [0, 0.1) is 0 Å². The highest BCUT2D eigenvalue weighted by atomic mass is 15.1. The van der Waals surface area contributed by atoms with Crippen molar-refractivity contribution in [1.29, 1.82) is 0 Å². The van der Waals surface area contributed by atoms with Gasteiger partial charge in [-0.25, -0.2) is 0 Å². The van der Waals surface area contributed by atoms with Gasteiger partial charge in [-0.2, -0.15) is 5.10 Å². The van der Waals surface area contributed by atoms with Gasteiger partial charge in [0.25, 0.3) is 0 Å². The highest BCUT2D eigenvalue weighted by Gasteiger charge is 1.97. The van der Waals surface area contributed by atoms with E-state index >= 15 is 0 Å². The van der Waals surface area contributed by atoms with Crippen molar-refractivity contribution in [3.05, 3.63) is 24.4 Å². The summed E-state index contributed by atoms with van der Waals surface area (Å²) in [5.41, 5.74) is 2.28. The maximum absolute atomic E-state index is 4.02. The number of unbranched alkanes of at least 4 members (excludes halogenated alkanes) is 4. The van der Waals surface area contributed by atoms with Gasteiger partial charge in [-0.05, 0) is 24.6 Å². The fourth-order valence-electron chi connectivity index (χ4n) is 2.01. The molecular weight excluding hydrogens is 210 g/mol. The van der Waals surface area contributed by atoms with Crippen LogP contribution in [0.2, 0.25) is 0 Å². The van der Waals surface area contributed by atoms with Crippen LogP contribution in [0.3, 0.4) is 0 Å². The molecule has 92 valence electrons. The van der Waals surface area contributed by atoms with E-state index in [0.29, 0.717) is 0 Å². The predicted molar refractivity (Wildman–Crippen MR) is 73.3 cm³/mol. The normalized spacial score (nSPS) is 10.9. The van der Waals surface area contributed by atoms with Crippen LogP contribution in [0.4, 0.5) is 5.69 Å². The first kappa shape index (κ1) is 12.0. The van der Waals surface area contributed by atoms with Gasteiger partial charge in [0.1, 0.15) is 0 Å². The summed E-state index contributed by atoms with van der Waals surface area (Å²) in [5, 5.41) is 11.6. The molecule has 0 fully saturated rings. The number of H-pyrrole nitrogens is 1.